The number of aliphatic hydroxyl groups is 1. The topological polar surface area (TPSA) is 155 Å². The Kier molecular flexibility index (Phi) is 7.51. The largest absolute Gasteiger partial charge is 0.489 e. The number of aromatic nitrogens is 5. The van der Waals surface area contributed by atoms with E-state index in [1.807, 2.05) is 32.3 Å². The van der Waals surface area contributed by atoms with Gasteiger partial charge in [-0.2, -0.15) is 0 Å². The summed E-state index contributed by atoms with van der Waals surface area (Å²) in [7, 11) is 0. The average Bonchev–Trinajstić information content (AvgIpc) is 3.43. The number of rotatable bonds is 5. The first-order chi connectivity index (χ1) is 17.9. The molecule has 12 nitrogen and oxygen atoms in total. The SMILES string of the molecule is CCn1c(-c2nonc2N)nc2c(C#CC(C)(C)O)ncc(OCC3CCN(C(=O)OC(C)(C)C)CC3)c21. The molecule has 1 amide bonds. The number of pyridine rings is 1. The number of likely N-dealkylation sites (tertiary alicyclic amines) is 1. The van der Waals surface area contributed by atoms with Gasteiger partial charge < -0.3 is 29.8 Å². The summed E-state index contributed by atoms with van der Waals surface area (Å²) in [6.45, 7) is 12.9. The fourth-order valence-corrected chi connectivity index (χ4v) is 4.18. The van der Waals surface area contributed by atoms with Crippen LogP contribution >= 0.6 is 0 Å². The highest BCUT2D eigenvalue weighted by Gasteiger charge is 2.28. The number of ether oxygens (including phenoxy) is 2. The minimum Gasteiger partial charge on any atom is -0.489 e. The molecule has 3 aromatic heterocycles. The first-order valence-corrected chi connectivity index (χ1v) is 12.7. The van der Waals surface area contributed by atoms with E-state index >= 15 is 0 Å². The first-order valence-electron chi connectivity index (χ1n) is 12.7. The Morgan fingerprint density at radius 1 is 1.24 bits per heavy atom. The number of nitrogens with zero attached hydrogens (tertiary/aromatic N) is 6. The van der Waals surface area contributed by atoms with Crippen LogP contribution in [0.25, 0.3) is 22.6 Å². The van der Waals surface area contributed by atoms with Gasteiger partial charge in [0, 0.05) is 19.6 Å². The fraction of sp³-hybridized carbons (Fsp3) is 0.577. The summed E-state index contributed by atoms with van der Waals surface area (Å²) in [5.74, 6) is 7.09. The molecule has 1 aliphatic heterocycles. The number of piperidine rings is 1. The second-order valence-electron chi connectivity index (χ2n) is 10.9. The number of aryl methyl sites for hydroxylation is 1. The molecule has 1 saturated heterocycles. The molecule has 0 atom stereocenters. The maximum absolute atomic E-state index is 12.4. The van der Waals surface area contributed by atoms with Crippen molar-refractivity contribution < 1.29 is 24.0 Å². The van der Waals surface area contributed by atoms with Gasteiger partial charge >= 0.3 is 6.09 Å². The summed E-state index contributed by atoms with van der Waals surface area (Å²) < 4.78 is 18.5. The molecule has 3 aromatic rings. The van der Waals surface area contributed by atoms with E-state index in [4.69, 9.17) is 24.8 Å². The van der Waals surface area contributed by atoms with E-state index in [2.05, 4.69) is 27.1 Å². The number of hydrogen-bond acceptors (Lipinski definition) is 10. The number of fused-ring (bicyclic) bond motifs is 1. The van der Waals surface area contributed by atoms with Gasteiger partial charge in [0.2, 0.25) is 0 Å². The molecule has 0 unspecified atom stereocenters. The Labute approximate surface area is 221 Å². The lowest BCUT2D eigenvalue weighted by Crippen LogP contribution is -2.42. The van der Waals surface area contributed by atoms with E-state index in [-0.39, 0.29) is 17.8 Å². The van der Waals surface area contributed by atoms with Gasteiger partial charge in [-0.25, -0.2) is 19.4 Å². The van der Waals surface area contributed by atoms with E-state index in [1.54, 1.807) is 24.9 Å². The highest BCUT2D eigenvalue weighted by Crippen LogP contribution is 2.33. The zero-order chi connectivity index (χ0) is 27.7. The van der Waals surface area contributed by atoms with E-state index in [9.17, 15) is 9.90 Å². The lowest BCUT2D eigenvalue weighted by molar-refractivity contribution is 0.0165. The zero-order valence-corrected chi connectivity index (χ0v) is 22.7. The summed E-state index contributed by atoms with van der Waals surface area (Å²) >= 11 is 0. The predicted molar refractivity (Wildman–Crippen MR) is 140 cm³/mol. The maximum Gasteiger partial charge on any atom is 0.410 e. The predicted octanol–water partition coefficient (Wildman–Crippen LogP) is 3.23. The van der Waals surface area contributed by atoms with Crippen molar-refractivity contribution in [3.05, 3.63) is 11.9 Å². The maximum atomic E-state index is 12.4. The molecule has 0 aliphatic carbocycles. The van der Waals surface area contributed by atoms with Crippen molar-refractivity contribution in [2.45, 2.75) is 72.1 Å². The normalized spacial score (nSPS) is 14.9. The standard InChI is InChI=1S/C26H35N7O5/c1-7-33-21-18(36-15-16-9-12-32(13-10-16)24(34)37-25(2,3)4)14-28-17(8-11-26(5,6)35)19(21)29-23(33)20-22(27)31-38-30-20/h14,16,35H,7,9-10,12-13,15H2,1-6H3,(H2,27,31). The fourth-order valence-electron chi connectivity index (χ4n) is 4.18. The summed E-state index contributed by atoms with van der Waals surface area (Å²) in [6, 6.07) is 0. The third-order valence-corrected chi connectivity index (χ3v) is 6.01. The third kappa shape index (κ3) is 6.16. The average molecular weight is 526 g/mol. The van der Waals surface area contributed by atoms with Gasteiger partial charge in [0.05, 0.1) is 12.8 Å². The second kappa shape index (κ2) is 10.5. The number of nitrogen functional groups attached to an aromatic ring is 1. The summed E-state index contributed by atoms with van der Waals surface area (Å²) in [5.41, 5.74) is 6.13. The van der Waals surface area contributed by atoms with Crippen molar-refractivity contribution >= 4 is 22.9 Å². The van der Waals surface area contributed by atoms with Crippen molar-refractivity contribution in [3.8, 4) is 29.1 Å². The number of hydrogen-bond donors (Lipinski definition) is 2. The van der Waals surface area contributed by atoms with Crippen LogP contribution in [0, 0.1) is 17.8 Å². The Hall–Kier alpha value is -3.85. The van der Waals surface area contributed by atoms with Crippen molar-refractivity contribution in [2.24, 2.45) is 5.92 Å². The van der Waals surface area contributed by atoms with Crippen LogP contribution in [0.2, 0.25) is 0 Å². The van der Waals surface area contributed by atoms with E-state index in [0.717, 1.165) is 12.8 Å². The van der Waals surface area contributed by atoms with Crippen LogP contribution in [-0.2, 0) is 11.3 Å². The minimum atomic E-state index is -1.20. The quantitative estimate of drug-likeness (QED) is 0.474. The number of imidazole rings is 1. The Balaban J connectivity index is 1.60. The number of anilines is 1. The molecule has 204 valence electrons. The van der Waals surface area contributed by atoms with Crippen LogP contribution in [-0.4, -0.2) is 71.8 Å². The van der Waals surface area contributed by atoms with Gasteiger partial charge in [0.1, 0.15) is 27.9 Å². The number of carbonyl (C=O) groups excluding carboxylic acids is 1. The van der Waals surface area contributed by atoms with Gasteiger partial charge in [-0.1, -0.05) is 5.92 Å². The molecular formula is C26H35N7O5. The van der Waals surface area contributed by atoms with Gasteiger partial charge in [-0.05, 0) is 76.5 Å². The van der Waals surface area contributed by atoms with Crippen LogP contribution in [0.1, 0.15) is 60.1 Å². The molecule has 3 N–H and O–H groups in total. The Morgan fingerprint density at radius 2 is 1.95 bits per heavy atom. The van der Waals surface area contributed by atoms with E-state index in [1.165, 1.54) is 0 Å². The van der Waals surface area contributed by atoms with Crippen molar-refractivity contribution in [2.75, 3.05) is 25.4 Å². The Morgan fingerprint density at radius 3 is 2.53 bits per heavy atom. The van der Waals surface area contributed by atoms with Gasteiger partial charge in [-0.15, -0.1) is 0 Å². The molecule has 38 heavy (non-hydrogen) atoms. The lowest BCUT2D eigenvalue weighted by Gasteiger charge is -2.33. The van der Waals surface area contributed by atoms with Crippen LogP contribution in [0.5, 0.6) is 5.75 Å². The molecule has 0 radical (unpaired) electrons. The number of nitrogens with two attached hydrogens (primary N) is 1. The molecular weight excluding hydrogens is 490 g/mol. The molecule has 1 aliphatic rings. The molecule has 1 fully saturated rings. The first kappa shape index (κ1) is 27.2. The minimum absolute atomic E-state index is 0.117. The zero-order valence-electron chi connectivity index (χ0n) is 22.7. The third-order valence-electron chi connectivity index (χ3n) is 6.01. The van der Waals surface area contributed by atoms with Crippen molar-refractivity contribution in [1.29, 1.82) is 0 Å². The second-order valence-corrected chi connectivity index (χ2v) is 10.9. The highest BCUT2D eigenvalue weighted by atomic mass is 16.6. The summed E-state index contributed by atoms with van der Waals surface area (Å²) in [4.78, 5) is 23.4. The Bertz CT molecular complexity index is 1360. The number of amides is 1. The molecule has 0 spiro atoms. The van der Waals surface area contributed by atoms with Crippen LogP contribution in [0.3, 0.4) is 0 Å². The molecule has 0 aromatic carbocycles. The van der Waals surface area contributed by atoms with E-state index in [0.29, 0.717) is 60.2 Å². The molecule has 12 heteroatoms. The summed E-state index contributed by atoms with van der Waals surface area (Å²) in [5, 5.41) is 17.7. The lowest BCUT2D eigenvalue weighted by atomic mass is 9.98. The smallest absolute Gasteiger partial charge is 0.410 e. The van der Waals surface area contributed by atoms with E-state index < -0.39 is 11.2 Å². The van der Waals surface area contributed by atoms with Gasteiger partial charge in [0.25, 0.3) is 0 Å². The van der Waals surface area contributed by atoms with Gasteiger partial charge in [0.15, 0.2) is 23.1 Å². The highest BCUT2D eigenvalue weighted by molar-refractivity contribution is 5.89. The summed E-state index contributed by atoms with van der Waals surface area (Å²) in [6.07, 6.45) is 2.93. The van der Waals surface area contributed by atoms with Crippen LogP contribution < -0.4 is 10.5 Å². The van der Waals surface area contributed by atoms with Gasteiger partial charge in [-0.3, -0.25) is 0 Å². The molecule has 4 heterocycles. The van der Waals surface area contributed by atoms with Crippen molar-refractivity contribution in [3.63, 3.8) is 0 Å². The monoisotopic (exact) mass is 525 g/mol. The molecule has 0 bridgehead atoms. The van der Waals surface area contributed by atoms with Crippen LogP contribution in [0.4, 0.5) is 10.6 Å². The van der Waals surface area contributed by atoms with Crippen LogP contribution in [0.15, 0.2) is 10.8 Å². The molecule has 4 rings (SSSR count). The van der Waals surface area contributed by atoms with Crippen molar-refractivity contribution in [1.82, 2.24) is 29.7 Å². The number of carbonyl (C=O) groups is 1. The molecule has 0 saturated carbocycles.